The lowest BCUT2D eigenvalue weighted by atomic mass is 10.2. The average Bonchev–Trinajstić information content (AvgIpc) is 2.91. The Bertz CT molecular complexity index is 766. The molecule has 1 N–H and O–H groups in total. The number of hydrogen-bond donors (Lipinski definition) is 1. The van der Waals surface area contributed by atoms with E-state index in [9.17, 15) is 9.59 Å². The highest BCUT2D eigenvalue weighted by Crippen LogP contribution is 2.20. The van der Waals surface area contributed by atoms with Crippen molar-refractivity contribution in [3.8, 4) is 0 Å². The maximum absolute atomic E-state index is 12.5. The molecular formula is C15H19N5O3. The zero-order chi connectivity index (χ0) is 16.4. The first-order valence-electron chi connectivity index (χ1n) is 7.48. The van der Waals surface area contributed by atoms with Crippen molar-refractivity contribution in [2.45, 2.75) is 26.5 Å². The highest BCUT2D eigenvalue weighted by atomic mass is 16.5. The molecule has 1 aliphatic rings. The van der Waals surface area contributed by atoms with Gasteiger partial charge in [0.15, 0.2) is 0 Å². The third-order valence-corrected chi connectivity index (χ3v) is 3.86. The fourth-order valence-corrected chi connectivity index (χ4v) is 2.64. The highest BCUT2D eigenvalue weighted by Gasteiger charge is 2.27. The van der Waals surface area contributed by atoms with Crippen molar-refractivity contribution in [1.82, 2.24) is 24.4 Å². The molecule has 2 aromatic rings. The number of aromatic nitrogens is 4. The fraction of sp³-hybridized carbons (Fsp3) is 0.467. The van der Waals surface area contributed by atoms with Crippen LogP contribution in [0.4, 0.5) is 0 Å². The minimum Gasteiger partial charge on any atom is -0.368 e. The van der Waals surface area contributed by atoms with Crippen molar-refractivity contribution in [2.75, 3.05) is 19.7 Å². The van der Waals surface area contributed by atoms with Gasteiger partial charge < -0.3 is 19.2 Å². The number of nitrogens with one attached hydrogen (secondary N) is 1. The number of H-pyrrole nitrogens is 1. The van der Waals surface area contributed by atoms with Gasteiger partial charge in [-0.1, -0.05) is 0 Å². The van der Waals surface area contributed by atoms with E-state index < -0.39 is 0 Å². The summed E-state index contributed by atoms with van der Waals surface area (Å²) in [5, 5.41) is 0. The van der Waals surface area contributed by atoms with Crippen LogP contribution in [0.15, 0.2) is 23.3 Å². The number of carbonyl (C=O) groups is 1. The Labute approximate surface area is 133 Å². The molecule has 8 nitrogen and oxygen atoms in total. The van der Waals surface area contributed by atoms with Crippen molar-refractivity contribution in [1.29, 1.82) is 0 Å². The van der Waals surface area contributed by atoms with E-state index in [1.165, 1.54) is 6.07 Å². The van der Waals surface area contributed by atoms with Gasteiger partial charge in [-0.2, -0.15) is 0 Å². The number of hydrogen-bond acceptors (Lipinski definition) is 5. The molecule has 23 heavy (non-hydrogen) atoms. The SMILES string of the molecule is Cc1nc([C@@H]2CN(C(=O)Cn3ccnc3C)CCO2)cc(=O)[nH]1. The summed E-state index contributed by atoms with van der Waals surface area (Å²) in [7, 11) is 0. The molecule has 0 aromatic carbocycles. The van der Waals surface area contributed by atoms with Gasteiger partial charge in [-0.05, 0) is 13.8 Å². The van der Waals surface area contributed by atoms with Gasteiger partial charge >= 0.3 is 0 Å². The molecule has 1 atom stereocenters. The maximum Gasteiger partial charge on any atom is 0.251 e. The van der Waals surface area contributed by atoms with E-state index >= 15 is 0 Å². The number of nitrogens with zero attached hydrogens (tertiary/aromatic N) is 4. The lowest BCUT2D eigenvalue weighted by Crippen LogP contribution is -2.44. The molecule has 3 rings (SSSR count). The van der Waals surface area contributed by atoms with Crippen LogP contribution in [-0.2, 0) is 16.1 Å². The molecule has 0 spiro atoms. The predicted molar refractivity (Wildman–Crippen MR) is 81.8 cm³/mol. The van der Waals surface area contributed by atoms with E-state index in [1.807, 2.05) is 11.5 Å². The van der Waals surface area contributed by atoms with Crippen LogP contribution in [0.1, 0.15) is 23.4 Å². The summed E-state index contributed by atoms with van der Waals surface area (Å²) in [4.78, 5) is 36.8. The number of ether oxygens (including phenoxy) is 1. The quantitative estimate of drug-likeness (QED) is 0.872. The zero-order valence-corrected chi connectivity index (χ0v) is 13.2. The van der Waals surface area contributed by atoms with E-state index in [4.69, 9.17) is 4.74 Å². The topological polar surface area (TPSA) is 93.1 Å². The molecule has 0 radical (unpaired) electrons. The summed E-state index contributed by atoms with van der Waals surface area (Å²) in [6.45, 7) is 5.18. The molecule has 8 heteroatoms. The molecule has 0 unspecified atom stereocenters. The van der Waals surface area contributed by atoms with Gasteiger partial charge in [0.25, 0.3) is 5.56 Å². The van der Waals surface area contributed by atoms with Gasteiger partial charge in [0, 0.05) is 25.0 Å². The third kappa shape index (κ3) is 3.48. The summed E-state index contributed by atoms with van der Waals surface area (Å²) < 4.78 is 7.49. The molecule has 1 fully saturated rings. The number of imidazole rings is 1. The largest absolute Gasteiger partial charge is 0.368 e. The van der Waals surface area contributed by atoms with Gasteiger partial charge in [0.2, 0.25) is 5.91 Å². The van der Waals surface area contributed by atoms with E-state index in [-0.39, 0.29) is 24.1 Å². The number of carbonyl (C=O) groups excluding carboxylic acids is 1. The maximum atomic E-state index is 12.5. The summed E-state index contributed by atoms with van der Waals surface area (Å²) in [5.41, 5.74) is 0.344. The Hall–Kier alpha value is -2.48. The lowest BCUT2D eigenvalue weighted by molar-refractivity contribution is -0.139. The van der Waals surface area contributed by atoms with Crippen LogP contribution in [0, 0.1) is 13.8 Å². The number of aromatic amines is 1. The van der Waals surface area contributed by atoms with Crippen LogP contribution in [0.2, 0.25) is 0 Å². The van der Waals surface area contributed by atoms with Gasteiger partial charge in [-0.25, -0.2) is 9.97 Å². The molecule has 0 saturated carbocycles. The Morgan fingerprint density at radius 1 is 1.48 bits per heavy atom. The molecule has 1 aliphatic heterocycles. The number of aryl methyl sites for hydroxylation is 2. The molecule has 1 amide bonds. The molecule has 0 aliphatic carbocycles. The molecule has 122 valence electrons. The molecular weight excluding hydrogens is 298 g/mol. The normalized spacial score (nSPS) is 18.2. The predicted octanol–water partition coefficient (Wildman–Crippen LogP) is 0.183. The molecule has 2 aromatic heterocycles. The second kappa shape index (κ2) is 6.33. The number of morpholine rings is 1. The van der Waals surface area contributed by atoms with Gasteiger partial charge in [0.05, 0.1) is 18.8 Å². The molecule has 3 heterocycles. The molecule has 0 bridgehead atoms. The van der Waals surface area contributed by atoms with Gasteiger partial charge in [-0.3, -0.25) is 9.59 Å². The standard InChI is InChI=1S/C15H19N5O3/c1-10-17-12(7-14(21)18-10)13-8-20(5-6-23-13)15(22)9-19-4-3-16-11(19)2/h3-4,7,13H,5-6,8-9H2,1-2H3,(H,17,18,21)/t13-/m0/s1. The zero-order valence-electron chi connectivity index (χ0n) is 13.2. The summed E-state index contributed by atoms with van der Waals surface area (Å²) >= 11 is 0. The van der Waals surface area contributed by atoms with Crippen LogP contribution in [0.3, 0.4) is 0 Å². The Balaban J connectivity index is 1.71. The summed E-state index contributed by atoms with van der Waals surface area (Å²) in [6.07, 6.45) is 3.08. The van der Waals surface area contributed by atoms with E-state index in [1.54, 1.807) is 24.2 Å². The van der Waals surface area contributed by atoms with Crippen molar-refractivity contribution < 1.29 is 9.53 Å². The number of rotatable bonds is 3. The lowest BCUT2D eigenvalue weighted by Gasteiger charge is -2.32. The fourth-order valence-electron chi connectivity index (χ4n) is 2.64. The summed E-state index contributed by atoms with van der Waals surface area (Å²) in [6, 6.07) is 1.42. The van der Waals surface area contributed by atoms with E-state index in [2.05, 4.69) is 15.0 Å². The van der Waals surface area contributed by atoms with Gasteiger partial charge in [-0.15, -0.1) is 0 Å². The van der Waals surface area contributed by atoms with Gasteiger partial charge in [0.1, 0.15) is 24.3 Å². The molecule has 1 saturated heterocycles. The third-order valence-electron chi connectivity index (χ3n) is 3.86. The van der Waals surface area contributed by atoms with Crippen LogP contribution in [0.5, 0.6) is 0 Å². The van der Waals surface area contributed by atoms with Crippen LogP contribution in [0.25, 0.3) is 0 Å². The smallest absolute Gasteiger partial charge is 0.251 e. The first kappa shape index (κ1) is 15.4. The highest BCUT2D eigenvalue weighted by molar-refractivity contribution is 5.76. The first-order chi connectivity index (χ1) is 11.0. The minimum atomic E-state index is -0.377. The minimum absolute atomic E-state index is 0.000891. The monoisotopic (exact) mass is 317 g/mol. The van der Waals surface area contributed by atoms with E-state index in [0.717, 1.165) is 5.82 Å². The van der Waals surface area contributed by atoms with Crippen molar-refractivity contribution >= 4 is 5.91 Å². The van der Waals surface area contributed by atoms with Crippen LogP contribution in [-0.4, -0.2) is 50.0 Å². The van der Waals surface area contributed by atoms with Crippen molar-refractivity contribution in [3.63, 3.8) is 0 Å². The average molecular weight is 317 g/mol. The second-order valence-corrected chi connectivity index (χ2v) is 5.56. The van der Waals surface area contributed by atoms with E-state index in [0.29, 0.717) is 31.2 Å². The summed E-state index contributed by atoms with van der Waals surface area (Å²) in [5.74, 6) is 1.34. The number of amides is 1. The van der Waals surface area contributed by atoms with Crippen LogP contribution >= 0.6 is 0 Å². The van der Waals surface area contributed by atoms with Crippen LogP contribution < -0.4 is 5.56 Å². The Morgan fingerprint density at radius 2 is 2.30 bits per heavy atom. The van der Waals surface area contributed by atoms with Crippen molar-refractivity contribution in [3.05, 3.63) is 46.2 Å². The van der Waals surface area contributed by atoms with Crippen molar-refractivity contribution in [2.24, 2.45) is 0 Å². The first-order valence-corrected chi connectivity index (χ1v) is 7.48. The Morgan fingerprint density at radius 3 is 3.00 bits per heavy atom. The second-order valence-electron chi connectivity index (χ2n) is 5.56. The Kier molecular flexibility index (Phi) is 4.24.